The van der Waals surface area contributed by atoms with E-state index in [0.29, 0.717) is 35.3 Å². The summed E-state index contributed by atoms with van der Waals surface area (Å²) >= 11 is 0. The van der Waals surface area contributed by atoms with Gasteiger partial charge in [-0.3, -0.25) is 14.1 Å². The zero-order valence-electron chi connectivity index (χ0n) is 23.2. The van der Waals surface area contributed by atoms with Crippen LogP contribution >= 0.6 is 0 Å². The van der Waals surface area contributed by atoms with Gasteiger partial charge in [-0.25, -0.2) is 4.98 Å². The fourth-order valence-electron chi connectivity index (χ4n) is 5.04. The van der Waals surface area contributed by atoms with Gasteiger partial charge in [0.05, 0.1) is 25.6 Å². The molecule has 1 aromatic carbocycles. The second kappa shape index (κ2) is 12.4. The van der Waals surface area contributed by atoms with Crippen molar-refractivity contribution in [3.63, 3.8) is 0 Å². The van der Waals surface area contributed by atoms with E-state index in [0.717, 1.165) is 52.0 Å². The zero-order valence-corrected chi connectivity index (χ0v) is 23.2. The van der Waals surface area contributed by atoms with Crippen molar-refractivity contribution >= 4 is 11.6 Å². The Bertz CT molecular complexity index is 1320. The topological polar surface area (TPSA) is 80.6 Å². The summed E-state index contributed by atoms with van der Waals surface area (Å²) in [5.74, 6) is 0.106. The van der Waals surface area contributed by atoms with E-state index in [2.05, 4.69) is 33.9 Å². The van der Waals surface area contributed by atoms with Gasteiger partial charge in [0.2, 0.25) is 0 Å². The Hall–Kier alpha value is -3.44. The Morgan fingerprint density at radius 3 is 2.55 bits per heavy atom. The lowest BCUT2D eigenvalue weighted by Crippen LogP contribution is -2.49. The molecule has 2 aromatic heterocycles. The second-order valence-electron chi connectivity index (χ2n) is 10.6. The van der Waals surface area contributed by atoms with Gasteiger partial charge in [-0.05, 0) is 51.3 Å². The number of hydrogen-bond donors (Lipinski definition) is 1. The average Bonchev–Trinajstić information content (AvgIpc) is 3.65. The number of rotatable bonds is 12. The Labute approximate surface area is 233 Å². The highest BCUT2D eigenvalue weighted by Crippen LogP contribution is 2.37. The number of carbonyl (C=O) groups is 1. The summed E-state index contributed by atoms with van der Waals surface area (Å²) in [6.07, 6.45) is 6.12. The molecule has 0 radical (unpaired) electrons. The van der Waals surface area contributed by atoms with Crippen molar-refractivity contribution in [2.45, 2.75) is 51.8 Å². The molecule has 1 N–H and O–H groups in total. The van der Waals surface area contributed by atoms with E-state index in [1.165, 1.54) is 13.2 Å². The quantitative estimate of drug-likeness (QED) is 0.333. The van der Waals surface area contributed by atoms with Gasteiger partial charge in [0.1, 0.15) is 28.5 Å². The number of halogens is 2. The fourth-order valence-corrected chi connectivity index (χ4v) is 5.04. The summed E-state index contributed by atoms with van der Waals surface area (Å²) < 4.78 is 44.6. The van der Waals surface area contributed by atoms with Crippen LogP contribution in [0.3, 0.4) is 0 Å². The van der Waals surface area contributed by atoms with Crippen LogP contribution in [0.25, 0.3) is 16.9 Å². The lowest BCUT2D eigenvalue weighted by Gasteiger charge is -2.36. The van der Waals surface area contributed by atoms with Crippen LogP contribution in [-0.2, 0) is 0 Å². The van der Waals surface area contributed by atoms with Crippen molar-refractivity contribution in [3.05, 3.63) is 42.2 Å². The molecule has 0 spiro atoms. The van der Waals surface area contributed by atoms with Gasteiger partial charge >= 0.3 is 6.61 Å². The van der Waals surface area contributed by atoms with Crippen LogP contribution in [0.5, 0.6) is 17.2 Å². The van der Waals surface area contributed by atoms with Crippen molar-refractivity contribution in [3.8, 4) is 28.5 Å². The maximum absolute atomic E-state index is 13.3. The number of aromatic nitrogens is 2. The first-order chi connectivity index (χ1) is 19.3. The van der Waals surface area contributed by atoms with Crippen LogP contribution in [-0.4, -0.2) is 90.2 Å². The molecular weight excluding hydrogens is 520 g/mol. The molecule has 0 atom stereocenters. The van der Waals surface area contributed by atoms with E-state index < -0.39 is 12.5 Å². The van der Waals surface area contributed by atoms with E-state index in [1.807, 2.05) is 22.7 Å². The molecule has 0 unspecified atom stereocenters. The first kappa shape index (κ1) is 28.1. The number of pyridine rings is 1. The Morgan fingerprint density at radius 2 is 1.88 bits per heavy atom. The highest BCUT2D eigenvalue weighted by Gasteiger charge is 2.29. The summed E-state index contributed by atoms with van der Waals surface area (Å²) in [6.45, 7) is 7.37. The molecule has 40 heavy (non-hydrogen) atoms. The molecule has 216 valence electrons. The third kappa shape index (κ3) is 6.64. The molecule has 3 heterocycles. The smallest absolute Gasteiger partial charge is 0.387 e. The number of carbonyl (C=O) groups excluding carboxylic acids is 1. The normalized spacial score (nSPS) is 16.6. The van der Waals surface area contributed by atoms with E-state index in [1.54, 1.807) is 12.3 Å². The molecule has 1 aliphatic heterocycles. The average molecular weight is 558 g/mol. The Kier molecular flexibility index (Phi) is 8.70. The van der Waals surface area contributed by atoms with Crippen molar-refractivity contribution in [1.29, 1.82) is 0 Å². The van der Waals surface area contributed by atoms with Crippen LogP contribution in [0, 0.1) is 0 Å². The molecule has 1 saturated heterocycles. The maximum Gasteiger partial charge on any atom is 0.387 e. The number of amides is 1. The van der Waals surface area contributed by atoms with Crippen LogP contribution in [0.2, 0.25) is 0 Å². The molecule has 0 bridgehead atoms. The molecule has 3 aromatic rings. The predicted molar refractivity (Wildman–Crippen MR) is 148 cm³/mol. The van der Waals surface area contributed by atoms with Crippen molar-refractivity contribution < 1.29 is 27.8 Å². The maximum atomic E-state index is 13.3. The minimum Gasteiger partial charge on any atom is -0.496 e. The van der Waals surface area contributed by atoms with Crippen molar-refractivity contribution in [1.82, 2.24) is 24.5 Å². The van der Waals surface area contributed by atoms with Crippen molar-refractivity contribution in [2.24, 2.45) is 0 Å². The van der Waals surface area contributed by atoms with Crippen LogP contribution in [0.15, 0.2) is 36.7 Å². The number of nitrogens with one attached hydrogen (secondary N) is 1. The lowest BCUT2D eigenvalue weighted by molar-refractivity contribution is -0.0502. The molecular formula is C29H37F2N5O4. The van der Waals surface area contributed by atoms with Crippen LogP contribution < -0.4 is 19.5 Å². The van der Waals surface area contributed by atoms with Gasteiger partial charge in [-0.2, -0.15) is 8.78 Å². The number of nitrogens with zero attached hydrogens (tertiary/aromatic N) is 4. The third-order valence-electron chi connectivity index (χ3n) is 7.45. The van der Waals surface area contributed by atoms with E-state index in [-0.39, 0.29) is 23.1 Å². The number of alkyl halides is 2. The zero-order chi connectivity index (χ0) is 28.2. The standard InChI is InChI=1S/C29H37F2N5O4/c1-19(2)35-12-10-34(11-13-35)8-4-14-39-22-7-9-36-23(18-32-26(36)17-22)20-15-24(38-3)27(25(16-20)40-29(30)31)28(37)33-21-5-6-21/h7,9,15-19,21,29H,4-6,8,10-14H2,1-3H3,(H,33,37). The summed E-state index contributed by atoms with van der Waals surface area (Å²) in [7, 11) is 1.39. The Balaban J connectivity index is 1.27. The molecule has 5 rings (SSSR count). The highest BCUT2D eigenvalue weighted by molar-refractivity contribution is 6.01. The van der Waals surface area contributed by atoms with Crippen LogP contribution in [0.4, 0.5) is 8.78 Å². The first-order valence-corrected chi connectivity index (χ1v) is 13.9. The molecule has 1 aliphatic carbocycles. The minimum absolute atomic E-state index is 0.0481. The van der Waals surface area contributed by atoms with Crippen molar-refractivity contribution in [2.75, 3.05) is 46.4 Å². The summed E-state index contributed by atoms with van der Waals surface area (Å²) in [4.78, 5) is 22.3. The van der Waals surface area contributed by atoms with E-state index in [9.17, 15) is 13.6 Å². The minimum atomic E-state index is -3.10. The predicted octanol–water partition coefficient (Wildman–Crippen LogP) is 4.30. The number of piperazine rings is 1. The van der Waals surface area contributed by atoms with Crippen LogP contribution in [0.1, 0.15) is 43.5 Å². The Morgan fingerprint density at radius 1 is 1.12 bits per heavy atom. The molecule has 9 nitrogen and oxygen atoms in total. The number of ether oxygens (including phenoxy) is 3. The highest BCUT2D eigenvalue weighted by atomic mass is 19.3. The van der Waals surface area contributed by atoms with Gasteiger partial charge in [0, 0.05) is 62.6 Å². The van der Waals surface area contributed by atoms with Gasteiger partial charge in [-0.15, -0.1) is 0 Å². The van der Waals surface area contributed by atoms with E-state index in [4.69, 9.17) is 14.2 Å². The number of benzene rings is 1. The monoisotopic (exact) mass is 557 g/mol. The number of hydrogen-bond acceptors (Lipinski definition) is 7. The third-order valence-corrected chi connectivity index (χ3v) is 7.45. The van der Waals surface area contributed by atoms with Gasteiger partial charge in [-0.1, -0.05) is 0 Å². The molecule has 11 heteroatoms. The molecule has 2 fully saturated rings. The van der Waals surface area contributed by atoms with E-state index >= 15 is 0 Å². The first-order valence-electron chi connectivity index (χ1n) is 13.9. The van der Waals surface area contributed by atoms with Gasteiger partial charge in [0.15, 0.2) is 0 Å². The number of imidazole rings is 1. The largest absolute Gasteiger partial charge is 0.496 e. The fraction of sp³-hybridized carbons (Fsp3) is 0.517. The van der Waals surface area contributed by atoms with Gasteiger partial charge in [0.25, 0.3) is 5.91 Å². The second-order valence-corrected chi connectivity index (χ2v) is 10.6. The molecule has 1 saturated carbocycles. The van der Waals surface area contributed by atoms with Gasteiger partial charge < -0.3 is 24.4 Å². The SMILES string of the molecule is COc1cc(-c2cnc3cc(OCCCN4CCN(C(C)C)CC4)ccn23)cc(OC(F)F)c1C(=O)NC1CC1. The number of methoxy groups -OCH3 is 1. The summed E-state index contributed by atoms with van der Waals surface area (Å²) in [6, 6.07) is 7.39. The molecule has 2 aliphatic rings. The lowest BCUT2D eigenvalue weighted by atomic mass is 10.1. The summed E-state index contributed by atoms with van der Waals surface area (Å²) in [5.41, 5.74) is 1.75. The summed E-state index contributed by atoms with van der Waals surface area (Å²) in [5, 5.41) is 2.81. The molecule has 1 amide bonds. The number of fused-ring (bicyclic) bond motifs is 1.